The Morgan fingerprint density at radius 1 is 1.00 bits per heavy atom. The first-order chi connectivity index (χ1) is 8.60. The monoisotopic (exact) mass is 229 g/mol. The molecule has 4 aliphatic rings. The quantitative estimate of drug-likeness (QED) is 0.783. The fourth-order valence-corrected chi connectivity index (χ4v) is 4.77. The van der Waals surface area contributed by atoms with E-state index in [9.17, 15) is 5.11 Å². The molecule has 0 radical (unpaired) electrons. The molecule has 1 heteroatoms. The maximum Gasteiger partial charge on any atom is 0.0952 e. The average molecular weight is 229 g/mol. The Bertz CT molecular complexity index is 453. The molecule has 4 aliphatic carbocycles. The Balaban J connectivity index is 1.79. The van der Waals surface area contributed by atoms with Gasteiger partial charge in [-0.05, 0) is 61.3 Å². The highest BCUT2D eigenvalue weighted by Gasteiger charge is 2.57. The molecule has 0 spiro atoms. The molecule has 1 nitrogen and oxygen atoms in total. The molecule has 5 rings (SSSR count). The highest BCUT2D eigenvalue weighted by atomic mass is 16.3. The Morgan fingerprint density at radius 2 is 1.65 bits per heavy atom. The number of hydrogen-bond donors (Lipinski definition) is 1. The maximum absolute atomic E-state index is 11.3. The maximum atomic E-state index is 11.3. The Morgan fingerprint density at radius 3 is 2.24 bits per heavy atom. The van der Waals surface area contributed by atoms with Gasteiger partial charge in [-0.2, -0.15) is 0 Å². The summed E-state index contributed by atoms with van der Waals surface area (Å²) in [5.41, 5.74) is 0.435. The first-order valence-electron chi connectivity index (χ1n) is 7.38. The second-order valence-electron chi connectivity index (χ2n) is 6.29. The number of hydrogen-bond acceptors (Lipinski definition) is 1. The molecule has 2 unspecified atom stereocenters. The normalized spacial score (nSPS) is 52.5. The van der Waals surface area contributed by atoms with Gasteiger partial charge in [-0.1, -0.05) is 30.3 Å². The first-order valence-corrected chi connectivity index (χ1v) is 6.88. The number of aliphatic hydroxyl groups is 1. The number of rotatable bonds is 1. The summed E-state index contributed by atoms with van der Waals surface area (Å²) in [7, 11) is 0. The van der Waals surface area contributed by atoms with E-state index < -0.39 is 5.60 Å². The van der Waals surface area contributed by atoms with Crippen LogP contribution in [0.25, 0.3) is 0 Å². The second kappa shape index (κ2) is 3.35. The van der Waals surface area contributed by atoms with Crippen LogP contribution in [-0.4, -0.2) is 5.11 Å². The first kappa shape index (κ1) is 9.16. The van der Waals surface area contributed by atoms with Crippen molar-refractivity contribution in [1.82, 2.24) is 0 Å². The van der Waals surface area contributed by atoms with Gasteiger partial charge in [0.1, 0.15) is 0 Å². The van der Waals surface area contributed by atoms with Crippen LogP contribution < -0.4 is 0 Å². The van der Waals surface area contributed by atoms with E-state index >= 15 is 0 Å². The molecule has 0 saturated heterocycles. The highest BCUT2D eigenvalue weighted by Crippen LogP contribution is 2.61. The van der Waals surface area contributed by atoms with E-state index in [0.717, 1.165) is 37.7 Å². The molecule has 1 aromatic rings. The third-order valence-corrected chi connectivity index (χ3v) is 5.36. The lowest BCUT2D eigenvalue weighted by Crippen LogP contribution is -2.55. The minimum absolute atomic E-state index is 0.225. The molecule has 1 N–H and O–H groups in total. The molecule has 0 aromatic heterocycles. The lowest BCUT2D eigenvalue weighted by atomic mass is 9.48. The molecule has 4 fully saturated rings. The average Bonchev–Trinajstić information content (AvgIpc) is 2.35. The smallest absolute Gasteiger partial charge is 0.0952 e. The van der Waals surface area contributed by atoms with Crippen LogP contribution in [0.4, 0.5) is 0 Å². The van der Waals surface area contributed by atoms with E-state index in [1.165, 1.54) is 0 Å². The summed E-state index contributed by atoms with van der Waals surface area (Å²) >= 11 is 0. The highest BCUT2D eigenvalue weighted by molar-refractivity contribution is 5.27. The van der Waals surface area contributed by atoms with Gasteiger partial charge < -0.3 is 5.11 Å². The van der Waals surface area contributed by atoms with Gasteiger partial charge in [0.25, 0.3) is 0 Å². The van der Waals surface area contributed by atoms with E-state index in [0.29, 0.717) is 17.8 Å². The predicted molar refractivity (Wildman–Crippen MR) is 67.4 cm³/mol. The molecule has 0 heterocycles. The van der Waals surface area contributed by atoms with Crippen molar-refractivity contribution in [3.05, 3.63) is 35.9 Å². The Labute approximate surface area is 104 Å². The van der Waals surface area contributed by atoms with Crippen LogP contribution >= 0.6 is 0 Å². The molecule has 4 bridgehead atoms. The van der Waals surface area contributed by atoms with Crippen LogP contribution in [0.2, 0.25) is 0 Å². The molecular weight excluding hydrogens is 208 g/mol. The van der Waals surface area contributed by atoms with Crippen molar-refractivity contribution in [2.24, 2.45) is 23.6 Å². The second-order valence-corrected chi connectivity index (χ2v) is 6.29. The Kier molecular flexibility index (Phi) is 1.80. The zero-order valence-electron chi connectivity index (χ0n) is 11.1. The van der Waals surface area contributed by atoms with Crippen molar-refractivity contribution in [2.45, 2.75) is 37.7 Å². The predicted octanol–water partition coefficient (Wildman–Crippen LogP) is 3.33. The minimum atomic E-state index is -0.650. The van der Waals surface area contributed by atoms with Crippen molar-refractivity contribution in [1.29, 1.82) is 0 Å². The fourth-order valence-electron chi connectivity index (χ4n) is 4.77. The standard InChI is InChI=1S/C16H20O/c17-16(13-4-2-1-3-5-13)14-7-11-6-12(9-14)10-15(16)8-11/h1-5,11-12,14-15,17H,6-10H2/i11D. The summed E-state index contributed by atoms with van der Waals surface area (Å²) in [5, 5.41) is 11.3. The van der Waals surface area contributed by atoms with Gasteiger partial charge in [0, 0.05) is 1.37 Å². The van der Waals surface area contributed by atoms with Crippen LogP contribution in [0.3, 0.4) is 0 Å². The molecule has 0 aliphatic heterocycles. The summed E-state index contributed by atoms with van der Waals surface area (Å²) in [4.78, 5) is 0. The summed E-state index contributed by atoms with van der Waals surface area (Å²) < 4.78 is 8.54. The van der Waals surface area contributed by atoms with Gasteiger partial charge in [-0.25, -0.2) is 0 Å². The number of benzene rings is 1. The lowest BCUT2D eigenvalue weighted by molar-refractivity contribution is -0.179. The lowest BCUT2D eigenvalue weighted by Gasteiger charge is -2.59. The Hall–Kier alpha value is -0.820. The van der Waals surface area contributed by atoms with Crippen LogP contribution in [0.15, 0.2) is 30.3 Å². The summed E-state index contributed by atoms with van der Waals surface area (Å²) in [6.07, 6.45) is 5.12. The van der Waals surface area contributed by atoms with Crippen molar-refractivity contribution in [3.63, 3.8) is 0 Å². The molecule has 4 saturated carbocycles. The molecule has 0 amide bonds. The van der Waals surface area contributed by atoms with Gasteiger partial charge >= 0.3 is 0 Å². The van der Waals surface area contributed by atoms with Gasteiger partial charge in [-0.3, -0.25) is 0 Å². The van der Waals surface area contributed by atoms with E-state index in [1.54, 1.807) is 0 Å². The van der Waals surface area contributed by atoms with Gasteiger partial charge in [0.05, 0.1) is 5.60 Å². The van der Waals surface area contributed by atoms with Crippen LogP contribution in [-0.2, 0) is 5.60 Å². The summed E-state index contributed by atoms with van der Waals surface area (Å²) in [5.74, 6) is 1.09. The van der Waals surface area contributed by atoms with E-state index in [1.807, 2.05) is 18.2 Å². The SMILES string of the molecule is [2H]C12CC3CC(C1)C(O)(c1ccccc1)C(C3)C2. The van der Waals surface area contributed by atoms with Crippen molar-refractivity contribution in [2.75, 3.05) is 0 Å². The van der Waals surface area contributed by atoms with E-state index in [4.69, 9.17) is 1.37 Å². The summed E-state index contributed by atoms with van der Waals surface area (Å²) in [6, 6.07) is 10.2. The van der Waals surface area contributed by atoms with Gasteiger partial charge in [0.2, 0.25) is 0 Å². The third kappa shape index (κ3) is 1.29. The van der Waals surface area contributed by atoms with E-state index in [2.05, 4.69) is 12.1 Å². The van der Waals surface area contributed by atoms with Crippen molar-refractivity contribution >= 4 is 0 Å². The largest absolute Gasteiger partial charge is 0.385 e. The van der Waals surface area contributed by atoms with Crippen LogP contribution in [0.1, 0.15) is 39.0 Å². The summed E-state index contributed by atoms with van der Waals surface area (Å²) in [6.45, 7) is 0. The molecule has 17 heavy (non-hydrogen) atoms. The van der Waals surface area contributed by atoms with Crippen LogP contribution in [0.5, 0.6) is 0 Å². The van der Waals surface area contributed by atoms with Crippen LogP contribution in [0, 0.1) is 23.6 Å². The van der Waals surface area contributed by atoms with Gasteiger partial charge in [0.15, 0.2) is 0 Å². The van der Waals surface area contributed by atoms with Crippen molar-refractivity contribution < 1.29 is 6.48 Å². The zero-order chi connectivity index (χ0) is 12.4. The third-order valence-electron chi connectivity index (χ3n) is 5.36. The molecular formula is C16H20O. The topological polar surface area (TPSA) is 20.2 Å². The van der Waals surface area contributed by atoms with Gasteiger partial charge in [-0.15, -0.1) is 0 Å². The molecule has 2 atom stereocenters. The van der Waals surface area contributed by atoms with E-state index in [-0.39, 0.29) is 5.89 Å². The zero-order valence-corrected chi connectivity index (χ0v) is 10.1. The fraction of sp³-hybridized carbons (Fsp3) is 0.625. The van der Waals surface area contributed by atoms with Crippen molar-refractivity contribution in [3.8, 4) is 0 Å². The molecule has 90 valence electrons. The minimum Gasteiger partial charge on any atom is -0.385 e. The molecule has 1 aromatic carbocycles.